The van der Waals surface area contributed by atoms with Crippen molar-refractivity contribution in [1.82, 2.24) is 4.90 Å². The van der Waals surface area contributed by atoms with Crippen molar-refractivity contribution in [3.8, 4) is 5.75 Å². The van der Waals surface area contributed by atoms with E-state index in [1.165, 1.54) is 7.11 Å². The number of halogens is 2. The van der Waals surface area contributed by atoms with Crippen molar-refractivity contribution in [2.24, 2.45) is 5.92 Å². The van der Waals surface area contributed by atoms with E-state index in [1.54, 1.807) is 36.9 Å². The fraction of sp³-hybridized carbons (Fsp3) is 0.529. The van der Waals surface area contributed by atoms with E-state index in [4.69, 9.17) is 32.7 Å². The first kappa shape index (κ1) is 20.6. The van der Waals surface area contributed by atoms with Gasteiger partial charge in [-0.25, -0.2) is 0 Å². The maximum atomic E-state index is 12.6. The van der Waals surface area contributed by atoms with Gasteiger partial charge in [-0.2, -0.15) is 0 Å². The Morgan fingerprint density at radius 2 is 1.92 bits per heavy atom. The van der Waals surface area contributed by atoms with Crippen LogP contribution < -0.4 is 4.74 Å². The second-order valence-electron chi connectivity index (χ2n) is 5.54. The summed E-state index contributed by atoms with van der Waals surface area (Å²) in [6.07, 6.45) is 0.0358. The molecule has 0 aromatic heterocycles. The molecule has 1 rings (SSSR count). The zero-order valence-electron chi connectivity index (χ0n) is 14.3. The largest absolute Gasteiger partial charge is 0.479 e. The predicted octanol–water partition coefficient (Wildman–Crippen LogP) is 3.81. The van der Waals surface area contributed by atoms with E-state index in [2.05, 4.69) is 0 Å². The molecule has 0 saturated carbocycles. The molecule has 0 spiro atoms. The summed E-state index contributed by atoms with van der Waals surface area (Å²) in [5.41, 5.74) is 0. The predicted molar refractivity (Wildman–Crippen MR) is 94.6 cm³/mol. The van der Waals surface area contributed by atoms with E-state index >= 15 is 0 Å². The molecule has 0 heterocycles. The molecular weight excluding hydrogens is 353 g/mol. The Labute approximate surface area is 152 Å². The molecule has 1 amide bonds. The van der Waals surface area contributed by atoms with Gasteiger partial charge in [0.2, 0.25) is 0 Å². The third kappa shape index (κ3) is 5.87. The number of hydrogen-bond donors (Lipinski definition) is 0. The SMILES string of the molecule is CCCN(CC(C)C(=O)OC)C(=O)C(C)Oc1ccc(Cl)cc1Cl. The van der Waals surface area contributed by atoms with Crippen molar-refractivity contribution in [3.05, 3.63) is 28.2 Å². The Balaban J connectivity index is 2.79. The number of carbonyl (C=O) groups excluding carboxylic acids is 2. The Bertz CT molecular complexity index is 580. The molecule has 0 aliphatic heterocycles. The summed E-state index contributed by atoms with van der Waals surface area (Å²) in [5.74, 6) is -0.576. The van der Waals surface area contributed by atoms with Crippen LogP contribution in [0.15, 0.2) is 18.2 Å². The number of esters is 1. The van der Waals surface area contributed by atoms with Crippen LogP contribution in [0.4, 0.5) is 0 Å². The minimum atomic E-state index is -0.736. The van der Waals surface area contributed by atoms with Gasteiger partial charge >= 0.3 is 5.97 Å². The fourth-order valence-corrected chi connectivity index (χ4v) is 2.69. The van der Waals surface area contributed by atoms with Gasteiger partial charge in [-0.15, -0.1) is 0 Å². The molecule has 5 nitrogen and oxygen atoms in total. The van der Waals surface area contributed by atoms with Gasteiger partial charge < -0.3 is 14.4 Å². The number of hydrogen-bond acceptors (Lipinski definition) is 4. The molecule has 0 aliphatic carbocycles. The molecule has 134 valence electrons. The number of rotatable bonds is 8. The zero-order valence-corrected chi connectivity index (χ0v) is 15.9. The molecular formula is C17H23Cl2NO4. The summed E-state index contributed by atoms with van der Waals surface area (Å²) in [4.78, 5) is 25.8. The lowest BCUT2D eigenvalue weighted by molar-refractivity contribution is -0.147. The van der Waals surface area contributed by atoms with Crippen LogP contribution in [-0.4, -0.2) is 43.1 Å². The van der Waals surface area contributed by atoms with Crippen LogP contribution >= 0.6 is 23.2 Å². The lowest BCUT2D eigenvalue weighted by Gasteiger charge is -2.27. The van der Waals surface area contributed by atoms with Gasteiger partial charge in [0.15, 0.2) is 6.10 Å². The number of methoxy groups -OCH3 is 1. The van der Waals surface area contributed by atoms with Crippen LogP contribution in [0.3, 0.4) is 0 Å². The second kappa shape index (κ2) is 9.74. The molecule has 0 fully saturated rings. The van der Waals surface area contributed by atoms with Gasteiger partial charge in [0.05, 0.1) is 18.1 Å². The van der Waals surface area contributed by atoms with Crippen LogP contribution in [0.25, 0.3) is 0 Å². The van der Waals surface area contributed by atoms with Gasteiger partial charge in [-0.1, -0.05) is 37.0 Å². The smallest absolute Gasteiger partial charge is 0.310 e. The molecule has 0 saturated heterocycles. The third-order valence-corrected chi connectivity index (χ3v) is 3.98. The van der Waals surface area contributed by atoms with Gasteiger partial charge in [-0.3, -0.25) is 9.59 Å². The first-order valence-electron chi connectivity index (χ1n) is 7.78. The Hall–Kier alpha value is -1.46. The molecule has 0 radical (unpaired) electrons. The standard InChI is InChI=1S/C17H23Cl2NO4/c1-5-8-20(10-11(2)17(22)23-4)16(21)12(3)24-15-7-6-13(18)9-14(15)19/h6-7,9,11-12H,5,8,10H2,1-4H3. The second-order valence-corrected chi connectivity index (χ2v) is 6.39. The van der Waals surface area contributed by atoms with Gasteiger partial charge in [0.1, 0.15) is 5.75 Å². The maximum Gasteiger partial charge on any atom is 0.310 e. The molecule has 0 N–H and O–H groups in total. The lowest BCUT2D eigenvalue weighted by Crippen LogP contribution is -2.44. The molecule has 24 heavy (non-hydrogen) atoms. The monoisotopic (exact) mass is 375 g/mol. The number of benzene rings is 1. The Kier molecular flexibility index (Phi) is 8.36. The Morgan fingerprint density at radius 1 is 1.25 bits per heavy atom. The van der Waals surface area contributed by atoms with Gasteiger partial charge in [0, 0.05) is 18.1 Å². The minimum Gasteiger partial charge on any atom is -0.479 e. The zero-order chi connectivity index (χ0) is 18.3. The quantitative estimate of drug-likeness (QED) is 0.648. The van der Waals surface area contributed by atoms with Gasteiger partial charge in [0.25, 0.3) is 5.91 Å². The van der Waals surface area contributed by atoms with E-state index < -0.39 is 12.0 Å². The van der Waals surface area contributed by atoms with Gasteiger partial charge in [-0.05, 0) is 31.5 Å². The van der Waals surface area contributed by atoms with Crippen molar-refractivity contribution in [3.63, 3.8) is 0 Å². The third-order valence-electron chi connectivity index (χ3n) is 3.45. The van der Waals surface area contributed by atoms with E-state index in [0.29, 0.717) is 22.3 Å². The van der Waals surface area contributed by atoms with Crippen molar-refractivity contribution in [2.75, 3.05) is 20.2 Å². The summed E-state index contributed by atoms with van der Waals surface area (Å²) < 4.78 is 10.4. The maximum absolute atomic E-state index is 12.6. The molecule has 1 aromatic carbocycles. The van der Waals surface area contributed by atoms with Crippen LogP contribution in [0.1, 0.15) is 27.2 Å². The van der Waals surface area contributed by atoms with Crippen molar-refractivity contribution in [1.29, 1.82) is 0 Å². The first-order valence-corrected chi connectivity index (χ1v) is 8.54. The highest BCUT2D eigenvalue weighted by atomic mass is 35.5. The molecule has 7 heteroatoms. The molecule has 1 aromatic rings. The molecule has 0 aliphatic rings. The highest BCUT2D eigenvalue weighted by Gasteiger charge is 2.26. The van der Waals surface area contributed by atoms with E-state index in [0.717, 1.165) is 6.42 Å². The number of carbonyl (C=O) groups is 2. The van der Waals surface area contributed by atoms with E-state index in [1.807, 2.05) is 6.92 Å². The van der Waals surface area contributed by atoms with Crippen molar-refractivity contribution < 1.29 is 19.1 Å². The number of amides is 1. The highest BCUT2D eigenvalue weighted by Crippen LogP contribution is 2.28. The van der Waals surface area contributed by atoms with Crippen LogP contribution in [0.5, 0.6) is 5.75 Å². The van der Waals surface area contributed by atoms with Crippen LogP contribution in [0.2, 0.25) is 10.0 Å². The summed E-state index contributed by atoms with van der Waals surface area (Å²) in [5, 5.41) is 0.831. The van der Waals surface area contributed by atoms with E-state index in [-0.39, 0.29) is 18.4 Å². The number of nitrogens with zero attached hydrogens (tertiary/aromatic N) is 1. The topological polar surface area (TPSA) is 55.8 Å². The van der Waals surface area contributed by atoms with E-state index in [9.17, 15) is 9.59 Å². The molecule has 2 unspecified atom stereocenters. The molecule has 2 atom stereocenters. The first-order chi connectivity index (χ1) is 11.3. The van der Waals surface area contributed by atoms with Crippen molar-refractivity contribution in [2.45, 2.75) is 33.3 Å². The normalized spacial score (nSPS) is 13.1. The fourth-order valence-electron chi connectivity index (χ4n) is 2.24. The lowest BCUT2D eigenvalue weighted by atomic mass is 10.1. The summed E-state index contributed by atoms with van der Waals surface area (Å²) in [7, 11) is 1.33. The van der Waals surface area contributed by atoms with Crippen LogP contribution in [-0.2, 0) is 14.3 Å². The summed E-state index contributed by atoms with van der Waals surface area (Å²) in [6.45, 7) is 6.15. The minimum absolute atomic E-state index is 0.210. The Morgan fingerprint density at radius 3 is 2.46 bits per heavy atom. The highest BCUT2D eigenvalue weighted by molar-refractivity contribution is 6.35. The van der Waals surface area contributed by atoms with Crippen molar-refractivity contribution >= 4 is 35.1 Å². The number of ether oxygens (including phenoxy) is 2. The average molecular weight is 376 g/mol. The summed E-state index contributed by atoms with van der Waals surface area (Å²) in [6, 6.07) is 4.82. The molecule has 0 bridgehead atoms. The summed E-state index contributed by atoms with van der Waals surface area (Å²) >= 11 is 11.9. The van der Waals surface area contributed by atoms with Crippen LogP contribution in [0, 0.1) is 5.92 Å². The average Bonchev–Trinajstić information content (AvgIpc) is 2.55.